The van der Waals surface area contributed by atoms with E-state index in [9.17, 15) is 13.2 Å². The molecular formula is C23H30N2O5S. The van der Waals surface area contributed by atoms with Gasteiger partial charge in [-0.1, -0.05) is 18.2 Å². The molecule has 0 radical (unpaired) electrons. The highest BCUT2D eigenvalue weighted by atomic mass is 32.2. The number of carbonyl (C=O) groups excluding carboxylic acids is 1. The largest absolute Gasteiger partial charge is 0.496 e. The van der Waals surface area contributed by atoms with Crippen LogP contribution in [0.5, 0.6) is 11.5 Å². The summed E-state index contributed by atoms with van der Waals surface area (Å²) in [5, 5.41) is 3.12. The zero-order chi connectivity index (χ0) is 22.8. The number of sulfonamides is 1. The van der Waals surface area contributed by atoms with E-state index in [2.05, 4.69) is 5.32 Å². The van der Waals surface area contributed by atoms with Crippen molar-refractivity contribution in [2.24, 2.45) is 0 Å². The fourth-order valence-corrected chi connectivity index (χ4v) is 4.72. The van der Waals surface area contributed by atoms with Crippen LogP contribution in [0.3, 0.4) is 0 Å². The first-order valence-corrected chi connectivity index (χ1v) is 11.6. The third-order valence-corrected chi connectivity index (χ3v) is 7.17. The Hall–Kier alpha value is -2.58. The summed E-state index contributed by atoms with van der Waals surface area (Å²) in [6.07, 6.45) is 1.23. The van der Waals surface area contributed by atoms with Crippen LogP contribution < -0.4 is 14.8 Å². The van der Waals surface area contributed by atoms with E-state index in [0.717, 1.165) is 15.6 Å². The monoisotopic (exact) mass is 446 g/mol. The molecule has 0 spiro atoms. The lowest BCUT2D eigenvalue weighted by molar-refractivity contribution is -0.122. The molecule has 1 N–H and O–H groups in total. The lowest BCUT2D eigenvalue weighted by Gasteiger charge is -2.37. The van der Waals surface area contributed by atoms with Gasteiger partial charge in [-0.15, -0.1) is 0 Å². The number of nitrogens with zero attached hydrogens (tertiary/aromatic N) is 1. The first-order chi connectivity index (χ1) is 14.5. The Kier molecular flexibility index (Phi) is 6.62. The molecule has 0 saturated heterocycles. The van der Waals surface area contributed by atoms with Gasteiger partial charge in [-0.2, -0.15) is 0 Å². The number of hydrogen-bond acceptors (Lipinski definition) is 5. The second-order valence-corrected chi connectivity index (χ2v) is 10.6. The molecule has 1 atom stereocenters. The van der Waals surface area contributed by atoms with Crippen LogP contribution in [-0.4, -0.2) is 45.4 Å². The van der Waals surface area contributed by atoms with Crippen LogP contribution >= 0.6 is 0 Å². The fourth-order valence-electron chi connectivity index (χ4n) is 3.77. The van der Waals surface area contributed by atoms with Gasteiger partial charge >= 0.3 is 0 Å². The van der Waals surface area contributed by atoms with Gasteiger partial charge in [0.1, 0.15) is 17.1 Å². The number of benzene rings is 2. The van der Waals surface area contributed by atoms with Crippen LogP contribution in [0.15, 0.2) is 47.4 Å². The summed E-state index contributed by atoms with van der Waals surface area (Å²) in [6, 6.07) is 12.3. The van der Waals surface area contributed by atoms with Crippen LogP contribution in [0.4, 0.5) is 0 Å². The van der Waals surface area contributed by atoms with Crippen LogP contribution in [-0.2, 0) is 21.2 Å². The molecule has 8 heteroatoms. The average Bonchev–Trinajstić information content (AvgIpc) is 2.71. The predicted octanol–water partition coefficient (Wildman–Crippen LogP) is 3.30. The van der Waals surface area contributed by atoms with Crippen molar-refractivity contribution in [3.63, 3.8) is 0 Å². The molecule has 3 rings (SSSR count). The quantitative estimate of drug-likeness (QED) is 0.705. The number of ether oxygens (including phenoxy) is 2. The minimum Gasteiger partial charge on any atom is -0.496 e. The van der Waals surface area contributed by atoms with Crippen molar-refractivity contribution in [2.45, 2.75) is 49.6 Å². The van der Waals surface area contributed by atoms with Crippen molar-refractivity contribution in [1.82, 2.24) is 9.62 Å². The lowest BCUT2D eigenvalue weighted by atomic mass is 9.89. The van der Waals surface area contributed by atoms with Gasteiger partial charge in [0.15, 0.2) is 0 Å². The molecule has 31 heavy (non-hydrogen) atoms. The molecule has 0 aromatic heterocycles. The number of methoxy groups -OCH3 is 1. The van der Waals surface area contributed by atoms with Gasteiger partial charge in [0.05, 0.1) is 18.0 Å². The Balaban J connectivity index is 1.74. The zero-order valence-electron chi connectivity index (χ0n) is 18.6. The second-order valence-electron chi connectivity index (χ2n) is 8.48. The number of aryl methyl sites for hydroxylation is 1. The van der Waals surface area contributed by atoms with E-state index < -0.39 is 10.0 Å². The SMILES string of the molecule is COc1ccc(S(=O)(=O)N(C)C)cc1CCC(=O)N[C@@H]1CC(C)(C)Oc2ccccc21. The number of para-hydroxylation sites is 1. The number of carbonyl (C=O) groups is 1. The van der Waals surface area contributed by atoms with Gasteiger partial charge in [0.25, 0.3) is 0 Å². The van der Waals surface area contributed by atoms with Gasteiger partial charge < -0.3 is 14.8 Å². The Morgan fingerprint density at radius 1 is 1.23 bits per heavy atom. The molecule has 1 aliphatic heterocycles. The summed E-state index contributed by atoms with van der Waals surface area (Å²) in [7, 11) is 0.931. The average molecular weight is 447 g/mol. The molecule has 2 aromatic rings. The minimum atomic E-state index is -3.57. The Bertz CT molecular complexity index is 1060. The first kappa shape index (κ1) is 23.1. The smallest absolute Gasteiger partial charge is 0.242 e. The molecule has 1 heterocycles. The maximum Gasteiger partial charge on any atom is 0.242 e. The topological polar surface area (TPSA) is 84.9 Å². The zero-order valence-corrected chi connectivity index (χ0v) is 19.5. The van der Waals surface area contributed by atoms with E-state index in [1.54, 1.807) is 12.1 Å². The minimum absolute atomic E-state index is 0.111. The molecule has 168 valence electrons. The molecule has 2 aromatic carbocycles. The van der Waals surface area contributed by atoms with Gasteiger partial charge in [-0.25, -0.2) is 12.7 Å². The van der Waals surface area contributed by atoms with E-state index in [4.69, 9.17) is 9.47 Å². The van der Waals surface area contributed by atoms with Gasteiger partial charge in [-0.3, -0.25) is 4.79 Å². The normalized spacial score (nSPS) is 17.5. The fraction of sp³-hybridized carbons (Fsp3) is 0.435. The summed E-state index contributed by atoms with van der Waals surface area (Å²) >= 11 is 0. The van der Waals surface area contributed by atoms with E-state index in [1.165, 1.54) is 27.3 Å². The highest BCUT2D eigenvalue weighted by molar-refractivity contribution is 7.89. The van der Waals surface area contributed by atoms with E-state index >= 15 is 0 Å². The van der Waals surface area contributed by atoms with Crippen molar-refractivity contribution in [2.75, 3.05) is 21.2 Å². The van der Waals surface area contributed by atoms with E-state index in [0.29, 0.717) is 24.2 Å². The molecule has 0 fully saturated rings. The van der Waals surface area contributed by atoms with Crippen molar-refractivity contribution in [3.8, 4) is 11.5 Å². The van der Waals surface area contributed by atoms with Crippen molar-refractivity contribution < 1.29 is 22.7 Å². The summed E-state index contributed by atoms with van der Waals surface area (Å²) in [6.45, 7) is 4.01. The highest BCUT2D eigenvalue weighted by Crippen LogP contribution is 2.39. The molecule has 1 aliphatic rings. The molecular weight excluding hydrogens is 416 g/mol. The number of nitrogens with one attached hydrogen (secondary N) is 1. The second kappa shape index (κ2) is 8.88. The summed E-state index contributed by atoms with van der Waals surface area (Å²) in [5.41, 5.74) is 1.25. The number of rotatable bonds is 7. The number of hydrogen-bond donors (Lipinski definition) is 1. The van der Waals surface area contributed by atoms with Crippen LogP contribution in [0, 0.1) is 0 Å². The van der Waals surface area contributed by atoms with E-state index in [-0.39, 0.29) is 28.9 Å². The highest BCUT2D eigenvalue weighted by Gasteiger charge is 2.34. The molecule has 0 aliphatic carbocycles. The predicted molar refractivity (Wildman–Crippen MR) is 119 cm³/mol. The van der Waals surface area contributed by atoms with E-state index in [1.807, 2.05) is 38.1 Å². The van der Waals surface area contributed by atoms with Gasteiger partial charge in [0, 0.05) is 32.5 Å². The maximum atomic E-state index is 12.8. The summed E-state index contributed by atoms with van der Waals surface area (Å²) in [4.78, 5) is 13.0. The van der Waals surface area contributed by atoms with Crippen LogP contribution in [0.1, 0.15) is 43.9 Å². The summed E-state index contributed by atoms with van der Waals surface area (Å²) < 4.78 is 37.5. The van der Waals surface area contributed by atoms with Crippen LogP contribution in [0.2, 0.25) is 0 Å². The van der Waals surface area contributed by atoms with Gasteiger partial charge in [-0.05, 0) is 50.1 Å². The van der Waals surface area contributed by atoms with Crippen LogP contribution in [0.25, 0.3) is 0 Å². The molecule has 1 amide bonds. The first-order valence-electron chi connectivity index (χ1n) is 10.2. The number of amides is 1. The Morgan fingerprint density at radius 3 is 2.61 bits per heavy atom. The molecule has 0 bridgehead atoms. The third-order valence-electron chi connectivity index (χ3n) is 5.36. The third kappa shape index (κ3) is 5.19. The van der Waals surface area contributed by atoms with Gasteiger partial charge in [0.2, 0.25) is 15.9 Å². The molecule has 0 unspecified atom stereocenters. The van der Waals surface area contributed by atoms with Crippen molar-refractivity contribution in [1.29, 1.82) is 0 Å². The summed E-state index contributed by atoms with van der Waals surface area (Å²) in [5.74, 6) is 1.23. The van der Waals surface area contributed by atoms with Crippen molar-refractivity contribution in [3.05, 3.63) is 53.6 Å². The van der Waals surface area contributed by atoms with Crippen molar-refractivity contribution >= 4 is 15.9 Å². The molecule has 0 saturated carbocycles. The molecule has 7 nitrogen and oxygen atoms in total. The maximum absolute atomic E-state index is 12.8. The number of fused-ring (bicyclic) bond motifs is 1. The lowest BCUT2D eigenvalue weighted by Crippen LogP contribution is -2.41. The standard InChI is InChI=1S/C23H30N2O5S/c1-23(2)15-19(18-8-6-7-9-21(18)30-23)24-22(26)13-10-16-14-17(11-12-20(16)29-5)31(27,28)25(3)4/h6-9,11-12,14,19H,10,13,15H2,1-5H3,(H,24,26)/t19-/m1/s1. The Labute approximate surface area is 184 Å². The Morgan fingerprint density at radius 2 is 1.94 bits per heavy atom.